The molecule has 1 aliphatic rings. The number of benzene rings is 1. The van der Waals surface area contributed by atoms with Crippen molar-refractivity contribution in [2.75, 3.05) is 19.0 Å². The summed E-state index contributed by atoms with van der Waals surface area (Å²) in [6.07, 6.45) is 1.79. The maximum Gasteiger partial charge on any atom is 0.273 e. The Morgan fingerprint density at radius 1 is 1.50 bits per heavy atom. The van der Waals surface area contributed by atoms with Crippen molar-refractivity contribution in [3.05, 3.63) is 39.7 Å². The average molecular weight is 301 g/mol. The first-order valence-electron chi connectivity index (χ1n) is 6.31. The summed E-state index contributed by atoms with van der Waals surface area (Å²) in [7, 11) is 0. The number of piperidine rings is 1. The molecule has 0 aliphatic carbocycles. The molecule has 108 valence electrons. The third-order valence-corrected chi connectivity index (χ3v) is 3.80. The maximum atomic E-state index is 13.4. The molecule has 0 saturated carbocycles. The molecule has 1 aliphatic heterocycles. The summed E-state index contributed by atoms with van der Waals surface area (Å²) in [5.74, 6) is -0.485. The van der Waals surface area contributed by atoms with Crippen LogP contribution < -0.4 is 0 Å². The van der Waals surface area contributed by atoms with Gasteiger partial charge in [-0.3, -0.25) is 14.9 Å². The molecule has 5 nitrogen and oxygen atoms in total. The first-order valence-corrected chi connectivity index (χ1v) is 6.85. The van der Waals surface area contributed by atoms with E-state index in [4.69, 9.17) is 11.6 Å². The van der Waals surface area contributed by atoms with Crippen LogP contribution in [-0.4, -0.2) is 34.7 Å². The van der Waals surface area contributed by atoms with Crippen LogP contribution in [0.1, 0.15) is 23.2 Å². The predicted octanol–water partition coefficient (Wildman–Crippen LogP) is 2.82. The van der Waals surface area contributed by atoms with Crippen LogP contribution in [-0.2, 0) is 0 Å². The van der Waals surface area contributed by atoms with E-state index < -0.39 is 16.4 Å². The van der Waals surface area contributed by atoms with Crippen LogP contribution in [0.25, 0.3) is 0 Å². The van der Waals surface area contributed by atoms with Gasteiger partial charge in [0.15, 0.2) is 0 Å². The van der Waals surface area contributed by atoms with Crippen molar-refractivity contribution in [3.8, 4) is 0 Å². The zero-order chi connectivity index (χ0) is 14.7. The normalized spacial score (nSPS) is 18.9. The number of carbonyl (C=O) groups is 1. The molecule has 1 saturated heterocycles. The molecule has 1 aromatic rings. The number of nitrogens with zero attached hydrogens (tertiary/aromatic N) is 2. The van der Waals surface area contributed by atoms with Gasteiger partial charge in [0.1, 0.15) is 5.82 Å². The van der Waals surface area contributed by atoms with Gasteiger partial charge in [-0.05, 0) is 24.8 Å². The lowest BCUT2D eigenvalue weighted by molar-refractivity contribution is -0.385. The van der Waals surface area contributed by atoms with Gasteiger partial charge in [-0.1, -0.05) is 0 Å². The largest absolute Gasteiger partial charge is 0.338 e. The first-order chi connectivity index (χ1) is 9.51. The minimum Gasteiger partial charge on any atom is -0.338 e. The molecule has 2 rings (SSSR count). The van der Waals surface area contributed by atoms with Crippen molar-refractivity contribution in [1.29, 1.82) is 0 Å². The van der Waals surface area contributed by atoms with Crippen molar-refractivity contribution < 1.29 is 14.1 Å². The Morgan fingerprint density at radius 2 is 2.25 bits per heavy atom. The van der Waals surface area contributed by atoms with Crippen molar-refractivity contribution in [3.63, 3.8) is 0 Å². The Morgan fingerprint density at radius 3 is 2.90 bits per heavy atom. The molecule has 0 radical (unpaired) electrons. The van der Waals surface area contributed by atoms with Gasteiger partial charge < -0.3 is 4.90 Å². The fraction of sp³-hybridized carbons (Fsp3) is 0.462. The van der Waals surface area contributed by atoms with E-state index in [0.29, 0.717) is 19.0 Å². The fourth-order valence-corrected chi connectivity index (χ4v) is 2.61. The second-order valence-electron chi connectivity index (χ2n) is 4.87. The van der Waals surface area contributed by atoms with E-state index in [9.17, 15) is 19.3 Å². The predicted molar refractivity (Wildman–Crippen MR) is 72.4 cm³/mol. The lowest BCUT2D eigenvalue weighted by Gasteiger charge is -2.31. The lowest BCUT2D eigenvalue weighted by atomic mass is 9.99. The molecule has 0 N–H and O–H groups in total. The molecule has 1 aromatic carbocycles. The fourth-order valence-electron chi connectivity index (χ4n) is 2.36. The van der Waals surface area contributed by atoms with E-state index in [-0.39, 0.29) is 17.4 Å². The summed E-state index contributed by atoms with van der Waals surface area (Å²) in [5, 5.41) is 10.7. The molecule has 1 fully saturated rings. The summed E-state index contributed by atoms with van der Waals surface area (Å²) in [6, 6.07) is 2.93. The van der Waals surface area contributed by atoms with Gasteiger partial charge in [-0.25, -0.2) is 4.39 Å². The SMILES string of the molecule is O=C(c1cc(F)cc([N+](=O)[O-])c1)N1CCCC(CCl)C1. The Hall–Kier alpha value is -1.69. The van der Waals surface area contributed by atoms with E-state index in [1.807, 2.05) is 0 Å². The highest BCUT2D eigenvalue weighted by molar-refractivity contribution is 6.18. The Bertz CT molecular complexity index is 538. The van der Waals surface area contributed by atoms with Crippen LogP contribution in [0.5, 0.6) is 0 Å². The Balaban J connectivity index is 2.22. The minimum absolute atomic E-state index is 0.00641. The van der Waals surface area contributed by atoms with Crippen molar-refractivity contribution in [2.24, 2.45) is 5.92 Å². The number of nitro benzene ring substituents is 1. The van der Waals surface area contributed by atoms with Crippen LogP contribution in [0.4, 0.5) is 10.1 Å². The molecular formula is C13H14ClFN2O3. The van der Waals surface area contributed by atoms with E-state index in [2.05, 4.69) is 0 Å². The third kappa shape index (κ3) is 3.25. The van der Waals surface area contributed by atoms with Crippen LogP contribution in [0.2, 0.25) is 0 Å². The number of nitro groups is 1. The number of hydrogen-bond donors (Lipinski definition) is 0. The molecule has 1 heterocycles. The molecule has 1 atom stereocenters. The number of hydrogen-bond acceptors (Lipinski definition) is 3. The molecule has 7 heteroatoms. The highest BCUT2D eigenvalue weighted by atomic mass is 35.5. The number of rotatable bonds is 3. The number of non-ortho nitro benzene ring substituents is 1. The highest BCUT2D eigenvalue weighted by Crippen LogP contribution is 2.22. The highest BCUT2D eigenvalue weighted by Gasteiger charge is 2.25. The second kappa shape index (κ2) is 6.17. The van der Waals surface area contributed by atoms with Crippen molar-refractivity contribution >= 4 is 23.2 Å². The zero-order valence-electron chi connectivity index (χ0n) is 10.7. The van der Waals surface area contributed by atoms with Gasteiger partial charge in [0.2, 0.25) is 0 Å². The summed E-state index contributed by atoms with van der Waals surface area (Å²) in [6.45, 7) is 1.07. The second-order valence-corrected chi connectivity index (χ2v) is 5.18. The lowest BCUT2D eigenvalue weighted by Crippen LogP contribution is -2.40. The van der Waals surface area contributed by atoms with Crippen LogP contribution in [0.3, 0.4) is 0 Å². The summed E-state index contributed by atoms with van der Waals surface area (Å²) < 4.78 is 13.4. The summed E-state index contributed by atoms with van der Waals surface area (Å²) >= 11 is 5.80. The zero-order valence-corrected chi connectivity index (χ0v) is 11.5. The van der Waals surface area contributed by atoms with Gasteiger partial charge in [0, 0.05) is 30.6 Å². The monoisotopic (exact) mass is 300 g/mol. The standard InChI is InChI=1S/C13H14ClFN2O3/c14-7-9-2-1-3-16(8-9)13(18)10-4-11(15)6-12(5-10)17(19)20/h4-6,9H,1-3,7-8H2. The number of amides is 1. The van der Waals surface area contributed by atoms with Crippen LogP contribution in [0.15, 0.2) is 18.2 Å². The quantitative estimate of drug-likeness (QED) is 0.490. The van der Waals surface area contributed by atoms with E-state index in [1.165, 1.54) is 0 Å². The van der Waals surface area contributed by atoms with E-state index in [1.54, 1.807) is 4.90 Å². The Kier molecular flexibility index (Phi) is 4.54. The average Bonchev–Trinajstić information content (AvgIpc) is 2.45. The van der Waals surface area contributed by atoms with Crippen LogP contribution >= 0.6 is 11.6 Å². The summed E-state index contributed by atoms with van der Waals surface area (Å²) in [4.78, 5) is 23.8. The van der Waals surface area contributed by atoms with Gasteiger partial charge in [0.05, 0.1) is 11.0 Å². The number of carbonyl (C=O) groups excluding carboxylic acids is 1. The number of likely N-dealkylation sites (tertiary alicyclic amines) is 1. The summed E-state index contributed by atoms with van der Waals surface area (Å²) in [5.41, 5.74) is -0.411. The van der Waals surface area contributed by atoms with Crippen molar-refractivity contribution in [2.45, 2.75) is 12.8 Å². The van der Waals surface area contributed by atoms with E-state index >= 15 is 0 Å². The van der Waals surface area contributed by atoms with E-state index in [0.717, 1.165) is 31.0 Å². The van der Waals surface area contributed by atoms with Gasteiger partial charge in [0.25, 0.3) is 11.6 Å². The molecule has 20 heavy (non-hydrogen) atoms. The van der Waals surface area contributed by atoms with Gasteiger partial charge >= 0.3 is 0 Å². The van der Waals surface area contributed by atoms with Crippen LogP contribution in [0, 0.1) is 21.8 Å². The number of halogens is 2. The molecular weight excluding hydrogens is 287 g/mol. The molecule has 0 bridgehead atoms. The third-order valence-electron chi connectivity index (χ3n) is 3.36. The minimum atomic E-state index is -0.784. The number of alkyl halides is 1. The molecule has 1 unspecified atom stereocenters. The maximum absolute atomic E-state index is 13.4. The topological polar surface area (TPSA) is 63.4 Å². The molecule has 1 amide bonds. The van der Waals surface area contributed by atoms with Gasteiger partial charge in [-0.2, -0.15) is 0 Å². The molecule has 0 aromatic heterocycles. The molecule has 0 spiro atoms. The van der Waals surface area contributed by atoms with Crippen molar-refractivity contribution in [1.82, 2.24) is 4.90 Å². The Labute approximate surface area is 120 Å². The smallest absolute Gasteiger partial charge is 0.273 e. The first kappa shape index (κ1) is 14.7. The van der Waals surface area contributed by atoms with Gasteiger partial charge in [-0.15, -0.1) is 11.6 Å².